The lowest BCUT2D eigenvalue weighted by molar-refractivity contribution is 0.0954. The summed E-state index contributed by atoms with van der Waals surface area (Å²) in [6.07, 6.45) is 2.26. The van der Waals surface area contributed by atoms with E-state index >= 15 is 0 Å². The van der Waals surface area contributed by atoms with E-state index in [1.807, 2.05) is 30.3 Å². The van der Waals surface area contributed by atoms with Crippen molar-refractivity contribution in [3.63, 3.8) is 0 Å². The van der Waals surface area contributed by atoms with E-state index in [0.29, 0.717) is 30.9 Å². The molecule has 26 heavy (non-hydrogen) atoms. The van der Waals surface area contributed by atoms with Crippen molar-refractivity contribution >= 4 is 11.7 Å². The van der Waals surface area contributed by atoms with E-state index in [0.717, 1.165) is 11.1 Å². The number of nitrogens with one attached hydrogen (secondary N) is 2. The molecule has 1 heterocycles. The van der Waals surface area contributed by atoms with Crippen molar-refractivity contribution in [2.45, 2.75) is 13.0 Å². The average Bonchev–Trinajstić information content (AvgIpc) is 2.69. The molecule has 0 atom stereocenters. The van der Waals surface area contributed by atoms with Gasteiger partial charge in [-0.2, -0.15) is 0 Å². The number of halogens is 1. The lowest BCUT2D eigenvalue weighted by atomic mass is 10.1. The number of carbonyl (C=O) groups excluding carboxylic acids is 1. The Hall–Kier alpha value is -3.21. The summed E-state index contributed by atoms with van der Waals surface area (Å²) in [6.45, 7) is 1.13. The fourth-order valence-electron chi connectivity index (χ4n) is 2.53. The third kappa shape index (κ3) is 5.14. The Labute approximate surface area is 152 Å². The molecule has 2 N–H and O–H groups in total. The predicted molar refractivity (Wildman–Crippen MR) is 100 cm³/mol. The second-order valence-corrected chi connectivity index (χ2v) is 5.90. The highest BCUT2D eigenvalue weighted by Crippen LogP contribution is 2.09. The van der Waals surface area contributed by atoms with Crippen LogP contribution in [0.3, 0.4) is 0 Å². The quantitative estimate of drug-likeness (QED) is 0.682. The normalized spacial score (nSPS) is 10.3. The molecular formula is C21H20FN3O. The molecule has 3 rings (SSSR count). The Bertz CT molecular complexity index is 851. The first-order chi connectivity index (χ1) is 12.7. The van der Waals surface area contributed by atoms with Crippen LogP contribution >= 0.6 is 0 Å². The van der Waals surface area contributed by atoms with Gasteiger partial charge < -0.3 is 10.6 Å². The SMILES string of the molecule is O=C(NCCc1ccc(F)cc1)c1ccnc(NCc2ccccc2)c1. The smallest absolute Gasteiger partial charge is 0.251 e. The van der Waals surface area contributed by atoms with Crippen LogP contribution in [-0.2, 0) is 13.0 Å². The predicted octanol–water partition coefficient (Wildman–Crippen LogP) is 3.81. The van der Waals surface area contributed by atoms with Crippen molar-refractivity contribution in [1.82, 2.24) is 10.3 Å². The molecule has 4 nitrogen and oxygen atoms in total. The van der Waals surface area contributed by atoms with Gasteiger partial charge in [0.05, 0.1) is 0 Å². The van der Waals surface area contributed by atoms with Crippen molar-refractivity contribution in [3.8, 4) is 0 Å². The largest absolute Gasteiger partial charge is 0.366 e. The number of aromatic nitrogens is 1. The van der Waals surface area contributed by atoms with Gasteiger partial charge in [-0.25, -0.2) is 9.37 Å². The monoisotopic (exact) mass is 349 g/mol. The number of carbonyl (C=O) groups is 1. The number of pyridine rings is 1. The molecule has 3 aromatic rings. The summed E-state index contributed by atoms with van der Waals surface area (Å²) in [5.41, 5.74) is 2.67. The molecule has 0 fully saturated rings. The third-order valence-corrected chi connectivity index (χ3v) is 3.95. The molecule has 0 aliphatic heterocycles. The Morgan fingerprint density at radius 1 is 0.962 bits per heavy atom. The molecule has 0 unspecified atom stereocenters. The molecule has 0 saturated heterocycles. The summed E-state index contributed by atoms with van der Waals surface area (Å²) in [4.78, 5) is 16.5. The van der Waals surface area contributed by atoms with E-state index in [-0.39, 0.29) is 11.7 Å². The van der Waals surface area contributed by atoms with E-state index in [1.165, 1.54) is 12.1 Å². The van der Waals surface area contributed by atoms with Crippen molar-refractivity contribution in [2.24, 2.45) is 0 Å². The number of rotatable bonds is 7. The van der Waals surface area contributed by atoms with Crippen molar-refractivity contribution in [2.75, 3.05) is 11.9 Å². The molecule has 0 aliphatic carbocycles. The number of anilines is 1. The van der Waals surface area contributed by atoms with E-state index in [4.69, 9.17) is 0 Å². The molecule has 0 bridgehead atoms. The number of amides is 1. The second-order valence-electron chi connectivity index (χ2n) is 5.90. The first-order valence-corrected chi connectivity index (χ1v) is 8.47. The van der Waals surface area contributed by atoms with Gasteiger partial charge in [0.15, 0.2) is 0 Å². The van der Waals surface area contributed by atoms with Crippen LogP contribution in [0.25, 0.3) is 0 Å². The zero-order chi connectivity index (χ0) is 18.2. The molecule has 0 saturated carbocycles. The van der Waals surface area contributed by atoms with Gasteiger partial charge in [-0.3, -0.25) is 4.79 Å². The van der Waals surface area contributed by atoms with Crippen LogP contribution in [0.1, 0.15) is 21.5 Å². The van der Waals surface area contributed by atoms with Crippen LogP contribution in [-0.4, -0.2) is 17.4 Å². The molecule has 0 radical (unpaired) electrons. The maximum absolute atomic E-state index is 12.9. The lowest BCUT2D eigenvalue weighted by Gasteiger charge is -2.08. The lowest BCUT2D eigenvalue weighted by Crippen LogP contribution is -2.25. The highest BCUT2D eigenvalue weighted by molar-refractivity contribution is 5.94. The molecular weight excluding hydrogens is 329 g/mol. The van der Waals surface area contributed by atoms with Crippen molar-refractivity contribution in [3.05, 3.63) is 95.4 Å². The maximum atomic E-state index is 12.9. The standard InChI is InChI=1S/C21H20FN3O/c22-19-8-6-16(7-9-19)10-12-24-21(26)18-11-13-23-20(14-18)25-15-17-4-2-1-3-5-17/h1-9,11,13-14H,10,12,15H2,(H,23,25)(H,24,26). The topological polar surface area (TPSA) is 54.0 Å². The number of hydrogen-bond acceptors (Lipinski definition) is 3. The van der Waals surface area contributed by atoms with Gasteiger partial charge in [0.2, 0.25) is 0 Å². The summed E-state index contributed by atoms with van der Waals surface area (Å²) in [5, 5.41) is 6.09. The van der Waals surface area contributed by atoms with Crippen LogP contribution in [0.5, 0.6) is 0 Å². The Balaban J connectivity index is 1.51. The highest BCUT2D eigenvalue weighted by atomic mass is 19.1. The molecule has 5 heteroatoms. The summed E-state index contributed by atoms with van der Waals surface area (Å²) in [5.74, 6) is 0.238. The first kappa shape index (κ1) is 17.6. The molecule has 132 valence electrons. The van der Waals surface area contributed by atoms with Crippen LogP contribution in [0.4, 0.5) is 10.2 Å². The van der Waals surface area contributed by atoms with Crippen LogP contribution in [0.2, 0.25) is 0 Å². The van der Waals surface area contributed by atoms with Crippen molar-refractivity contribution in [1.29, 1.82) is 0 Å². The minimum absolute atomic E-state index is 0.155. The van der Waals surface area contributed by atoms with Gasteiger partial charge in [-0.1, -0.05) is 42.5 Å². The van der Waals surface area contributed by atoms with Gasteiger partial charge in [0, 0.05) is 24.8 Å². The molecule has 1 amide bonds. The van der Waals surface area contributed by atoms with Crippen molar-refractivity contribution < 1.29 is 9.18 Å². The third-order valence-electron chi connectivity index (χ3n) is 3.95. The molecule has 1 aromatic heterocycles. The summed E-state index contributed by atoms with van der Waals surface area (Å²) in [6, 6.07) is 19.7. The van der Waals surface area contributed by atoms with E-state index < -0.39 is 0 Å². The first-order valence-electron chi connectivity index (χ1n) is 8.47. The van der Waals surface area contributed by atoms with Crippen LogP contribution in [0, 0.1) is 5.82 Å². The molecule has 0 aliphatic rings. The number of nitrogens with zero attached hydrogens (tertiary/aromatic N) is 1. The number of hydrogen-bond donors (Lipinski definition) is 2. The van der Waals surface area contributed by atoms with Crippen LogP contribution in [0.15, 0.2) is 72.9 Å². The Morgan fingerprint density at radius 3 is 2.50 bits per heavy atom. The number of benzene rings is 2. The molecule has 2 aromatic carbocycles. The van der Waals surface area contributed by atoms with E-state index in [1.54, 1.807) is 30.5 Å². The van der Waals surface area contributed by atoms with E-state index in [9.17, 15) is 9.18 Å². The minimum Gasteiger partial charge on any atom is -0.366 e. The zero-order valence-corrected chi connectivity index (χ0v) is 14.3. The van der Waals surface area contributed by atoms with Gasteiger partial charge in [-0.15, -0.1) is 0 Å². The Kier molecular flexibility index (Phi) is 5.93. The maximum Gasteiger partial charge on any atom is 0.251 e. The fraction of sp³-hybridized carbons (Fsp3) is 0.143. The zero-order valence-electron chi connectivity index (χ0n) is 14.3. The summed E-state index contributed by atoms with van der Waals surface area (Å²) >= 11 is 0. The van der Waals surface area contributed by atoms with Gasteiger partial charge in [-0.05, 0) is 41.8 Å². The summed E-state index contributed by atoms with van der Waals surface area (Å²) in [7, 11) is 0. The minimum atomic E-state index is -0.259. The van der Waals surface area contributed by atoms with Gasteiger partial charge >= 0.3 is 0 Å². The Morgan fingerprint density at radius 2 is 1.73 bits per heavy atom. The summed E-state index contributed by atoms with van der Waals surface area (Å²) < 4.78 is 12.9. The average molecular weight is 349 g/mol. The van der Waals surface area contributed by atoms with Gasteiger partial charge in [0.1, 0.15) is 11.6 Å². The highest BCUT2D eigenvalue weighted by Gasteiger charge is 2.06. The van der Waals surface area contributed by atoms with Gasteiger partial charge in [0.25, 0.3) is 5.91 Å². The second kappa shape index (κ2) is 8.76. The molecule has 0 spiro atoms. The van der Waals surface area contributed by atoms with E-state index in [2.05, 4.69) is 15.6 Å². The fourth-order valence-corrected chi connectivity index (χ4v) is 2.53. The van der Waals surface area contributed by atoms with Crippen LogP contribution < -0.4 is 10.6 Å².